The van der Waals surface area contributed by atoms with Crippen LogP contribution in [0.2, 0.25) is 0 Å². The van der Waals surface area contributed by atoms with Gasteiger partial charge >= 0.3 is 0 Å². The molecule has 5 heteroatoms. The third-order valence-electron chi connectivity index (χ3n) is 5.02. The van der Waals surface area contributed by atoms with Crippen molar-refractivity contribution in [2.45, 2.75) is 92.6 Å². The van der Waals surface area contributed by atoms with Crippen molar-refractivity contribution in [2.75, 3.05) is 26.4 Å². The minimum atomic E-state index is 0. The Hall–Kier alpha value is -0.940. The molecule has 0 bridgehead atoms. The zero-order valence-corrected chi connectivity index (χ0v) is 19.2. The molecule has 28 heavy (non-hydrogen) atoms. The highest BCUT2D eigenvalue weighted by Crippen LogP contribution is 2.29. The fraction of sp³-hybridized carbons (Fsp3) is 0.913. The van der Waals surface area contributed by atoms with Gasteiger partial charge in [0.2, 0.25) is 5.91 Å². The normalized spacial score (nSPS) is 19.3. The summed E-state index contributed by atoms with van der Waals surface area (Å²) in [6.07, 6.45) is 6.86. The Morgan fingerprint density at radius 3 is 2.07 bits per heavy atom. The van der Waals surface area contributed by atoms with Gasteiger partial charge in [-0.3, -0.25) is 9.59 Å². The quantitative estimate of drug-likeness (QED) is 0.440. The second kappa shape index (κ2) is 17.0. The number of ether oxygens (including phenoxy) is 2. The standard InChI is InChI=1S/C21H39NO4.C2H6.H2/c1-16(2)20(23)11-12-22-21(24)6-5-13-25-14-18-7-9-19(10-8-18)15-26-17(3)4;1-2;/h16-19H,5-15H2,1-4H3,(H,22,24);1-2H3;1H. The largest absolute Gasteiger partial charge is 0.381 e. The van der Waals surface area contributed by atoms with Crippen molar-refractivity contribution in [3.63, 3.8) is 0 Å². The lowest BCUT2D eigenvalue weighted by molar-refractivity contribution is -0.123. The first kappa shape index (κ1) is 27.1. The lowest BCUT2D eigenvalue weighted by Gasteiger charge is -2.28. The third-order valence-corrected chi connectivity index (χ3v) is 5.02. The van der Waals surface area contributed by atoms with E-state index >= 15 is 0 Å². The summed E-state index contributed by atoms with van der Waals surface area (Å²) in [6, 6.07) is 0. The highest BCUT2D eigenvalue weighted by atomic mass is 16.5. The summed E-state index contributed by atoms with van der Waals surface area (Å²) >= 11 is 0. The summed E-state index contributed by atoms with van der Waals surface area (Å²) in [4.78, 5) is 23.2. The molecule has 5 nitrogen and oxygen atoms in total. The van der Waals surface area contributed by atoms with Crippen molar-refractivity contribution < 1.29 is 20.5 Å². The highest BCUT2D eigenvalue weighted by Gasteiger charge is 2.21. The van der Waals surface area contributed by atoms with Gasteiger partial charge in [-0.25, -0.2) is 0 Å². The summed E-state index contributed by atoms with van der Waals surface area (Å²) in [5, 5.41) is 2.81. The van der Waals surface area contributed by atoms with Gasteiger partial charge in [-0.1, -0.05) is 27.7 Å². The summed E-state index contributed by atoms with van der Waals surface area (Å²) < 4.78 is 11.5. The first-order valence-corrected chi connectivity index (χ1v) is 11.4. The number of nitrogens with one attached hydrogen (secondary N) is 1. The average molecular weight is 402 g/mol. The SMILES string of the molecule is CC.CC(C)OCC1CCC(COCCCC(=O)NCCC(=O)C(C)C)CC1.[HH]. The van der Waals surface area contributed by atoms with Crippen molar-refractivity contribution in [1.82, 2.24) is 5.32 Å². The van der Waals surface area contributed by atoms with E-state index in [2.05, 4.69) is 19.2 Å². The molecule has 0 atom stereocenters. The zero-order chi connectivity index (χ0) is 21.4. The van der Waals surface area contributed by atoms with Crippen LogP contribution in [0, 0.1) is 17.8 Å². The smallest absolute Gasteiger partial charge is 0.220 e. The van der Waals surface area contributed by atoms with E-state index in [1.165, 1.54) is 25.7 Å². The van der Waals surface area contributed by atoms with Gasteiger partial charge in [-0.15, -0.1) is 0 Å². The Morgan fingerprint density at radius 1 is 0.964 bits per heavy atom. The Morgan fingerprint density at radius 2 is 1.54 bits per heavy atom. The van der Waals surface area contributed by atoms with Crippen molar-refractivity contribution >= 4 is 11.7 Å². The first-order valence-electron chi connectivity index (χ1n) is 11.4. The minimum absolute atomic E-state index is 0. The van der Waals surface area contributed by atoms with Crippen molar-refractivity contribution in [1.29, 1.82) is 0 Å². The molecule has 1 amide bonds. The Bertz CT molecular complexity index is 408. The van der Waals surface area contributed by atoms with Crippen LogP contribution in [0.5, 0.6) is 0 Å². The number of ketones is 1. The Kier molecular flexibility index (Phi) is 16.4. The second-order valence-electron chi connectivity index (χ2n) is 8.17. The highest BCUT2D eigenvalue weighted by molar-refractivity contribution is 5.81. The third kappa shape index (κ3) is 14.1. The van der Waals surface area contributed by atoms with Crippen LogP contribution in [0.4, 0.5) is 0 Å². The van der Waals surface area contributed by atoms with Gasteiger partial charge in [-0.05, 0) is 57.8 Å². The predicted octanol–water partition coefficient (Wildman–Crippen LogP) is 5.02. The molecule has 0 aromatic heterocycles. The summed E-state index contributed by atoms with van der Waals surface area (Å²) in [7, 11) is 0. The molecule has 1 rings (SSSR count). The Labute approximate surface area is 174 Å². The van der Waals surface area contributed by atoms with Crippen LogP contribution < -0.4 is 5.32 Å². The molecule has 168 valence electrons. The number of carbonyl (C=O) groups excluding carboxylic acids is 2. The maximum absolute atomic E-state index is 11.7. The maximum atomic E-state index is 11.7. The van der Waals surface area contributed by atoms with E-state index in [-0.39, 0.29) is 19.0 Å². The fourth-order valence-corrected chi connectivity index (χ4v) is 3.18. The molecule has 0 unspecified atom stereocenters. The molecule has 1 fully saturated rings. The van der Waals surface area contributed by atoms with E-state index in [0.29, 0.717) is 43.9 Å². The molecule has 0 aromatic rings. The average Bonchev–Trinajstić information content (AvgIpc) is 2.68. The van der Waals surface area contributed by atoms with Gasteiger partial charge in [0.25, 0.3) is 0 Å². The Balaban J connectivity index is 0. The number of hydrogen-bond acceptors (Lipinski definition) is 4. The molecule has 0 radical (unpaired) electrons. The van der Waals surface area contributed by atoms with Crippen LogP contribution in [0.25, 0.3) is 0 Å². The van der Waals surface area contributed by atoms with Gasteiger partial charge in [0, 0.05) is 46.6 Å². The summed E-state index contributed by atoms with van der Waals surface area (Å²) in [5.74, 6) is 1.61. The van der Waals surface area contributed by atoms with Crippen molar-refractivity contribution in [3.8, 4) is 0 Å². The predicted molar refractivity (Wildman–Crippen MR) is 118 cm³/mol. The fourth-order valence-electron chi connectivity index (χ4n) is 3.18. The van der Waals surface area contributed by atoms with E-state index in [4.69, 9.17) is 9.47 Å². The zero-order valence-electron chi connectivity index (χ0n) is 19.2. The molecule has 1 N–H and O–H groups in total. The lowest BCUT2D eigenvalue weighted by Crippen LogP contribution is -2.27. The lowest BCUT2D eigenvalue weighted by atomic mass is 9.83. The molecule has 1 aliphatic rings. The minimum Gasteiger partial charge on any atom is -0.381 e. The number of hydrogen-bond donors (Lipinski definition) is 1. The molecular weight excluding hydrogens is 354 g/mol. The van der Waals surface area contributed by atoms with Gasteiger partial charge in [0.05, 0.1) is 6.10 Å². The van der Waals surface area contributed by atoms with Crippen LogP contribution in [0.3, 0.4) is 0 Å². The molecule has 0 spiro atoms. The molecule has 0 saturated heterocycles. The van der Waals surface area contributed by atoms with Crippen molar-refractivity contribution in [2.24, 2.45) is 17.8 Å². The van der Waals surface area contributed by atoms with Crippen LogP contribution in [-0.2, 0) is 19.1 Å². The number of amides is 1. The van der Waals surface area contributed by atoms with Crippen LogP contribution >= 0.6 is 0 Å². The second-order valence-corrected chi connectivity index (χ2v) is 8.17. The molecule has 0 aromatic carbocycles. The van der Waals surface area contributed by atoms with Crippen molar-refractivity contribution in [3.05, 3.63) is 0 Å². The molecule has 1 aliphatic carbocycles. The summed E-state index contributed by atoms with van der Waals surface area (Å²) in [6.45, 7) is 14.7. The van der Waals surface area contributed by atoms with Gasteiger partial charge in [0.1, 0.15) is 5.78 Å². The monoisotopic (exact) mass is 401 g/mol. The topological polar surface area (TPSA) is 64.6 Å². The molecule has 0 aliphatic heterocycles. The number of rotatable bonds is 13. The van der Waals surface area contributed by atoms with Crippen LogP contribution in [-0.4, -0.2) is 44.2 Å². The van der Waals surface area contributed by atoms with E-state index in [9.17, 15) is 9.59 Å². The number of Topliss-reactive ketones (excluding diaryl/α,β-unsaturated/α-hetero) is 1. The first-order chi connectivity index (χ1) is 13.4. The van der Waals surface area contributed by atoms with Crippen LogP contribution in [0.15, 0.2) is 0 Å². The van der Waals surface area contributed by atoms with Gasteiger partial charge in [0.15, 0.2) is 0 Å². The van der Waals surface area contributed by atoms with E-state index < -0.39 is 0 Å². The summed E-state index contributed by atoms with van der Waals surface area (Å²) in [5.41, 5.74) is 0. The molecule has 1 saturated carbocycles. The van der Waals surface area contributed by atoms with Crippen LogP contribution in [0.1, 0.15) is 87.9 Å². The van der Waals surface area contributed by atoms with E-state index in [1.54, 1.807) is 0 Å². The molecular formula is C23H47NO4. The van der Waals surface area contributed by atoms with Gasteiger partial charge in [-0.2, -0.15) is 0 Å². The van der Waals surface area contributed by atoms with E-state index in [0.717, 1.165) is 19.6 Å². The molecule has 0 heterocycles. The number of carbonyl (C=O) groups is 2. The van der Waals surface area contributed by atoms with Gasteiger partial charge < -0.3 is 14.8 Å². The maximum Gasteiger partial charge on any atom is 0.220 e. The van der Waals surface area contributed by atoms with E-state index in [1.807, 2.05) is 27.7 Å².